The number of carbonyl (C=O) groups excluding carboxylic acids is 2. The van der Waals surface area contributed by atoms with Crippen LogP contribution in [0.2, 0.25) is 0 Å². The van der Waals surface area contributed by atoms with Crippen LogP contribution in [0.25, 0.3) is 6.08 Å². The van der Waals surface area contributed by atoms with Crippen LogP contribution in [0.1, 0.15) is 22.8 Å². The molecule has 1 aliphatic rings. The topological polar surface area (TPSA) is 72.8 Å². The van der Waals surface area contributed by atoms with Gasteiger partial charge in [-0.1, -0.05) is 12.1 Å². The molecule has 0 aromatic heterocycles. The Kier molecular flexibility index (Phi) is 7.14. The van der Waals surface area contributed by atoms with Gasteiger partial charge in [-0.15, -0.1) is 0 Å². The van der Waals surface area contributed by atoms with Crippen molar-refractivity contribution in [3.8, 4) is 11.5 Å². The second-order valence-electron chi connectivity index (χ2n) is 5.80. The van der Waals surface area contributed by atoms with Crippen molar-refractivity contribution in [2.45, 2.75) is 19.2 Å². The molecule has 30 heavy (non-hydrogen) atoms. The standard InChI is InChI=1S/C13H10F4O3.C7H5FO2/c1-2-19-12(18)8-6-7-9(14)4-3-5-10(7)20-11(8)13(15,16)17;8-6-2-1-3-7(10)5(6)4-9/h3-6,11H,2H2,1H3;1-4,10H. The predicted octanol–water partition coefficient (Wildman–Crippen LogP) is 4.44. The van der Waals surface area contributed by atoms with Crippen molar-refractivity contribution < 1.29 is 46.1 Å². The zero-order valence-electron chi connectivity index (χ0n) is 15.4. The van der Waals surface area contributed by atoms with Gasteiger partial charge in [-0.3, -0.25) is 4.79 Å². The first-order valence-corrected chi connectivity index (χ1v) is 8.43. The van der Waals surface area contributed by atoms with E-state index in [0.29, 0.717) is 0 Å². The number of esters is 1. The zero-order chi connectivity index (χ0) is 22.5. The average molecular weight is 430 g/mol. The van der Waals surface area contributed by atoms with Crippen LogP contribution in [-0.4, -0.2) is 36.2 Å². The summed E-state index contributed by atoms with van der Waals surface area (Å²) in [5.41, 5.74) is -1.25. The number of hydrogen-bond acceptors (Lipinski definition) is 5. The highest BCUT2D eigenvalue weighted by molar-refractivity contribution is 5.96. The van der Waals surface area contributed by atoms with Crippen LogP contribution >= 0.6 is 0 Å². The molecule has 1 atom stereocenters. The van der Waals surface area contributed by atoms with Gasteiger partial charge in [0, 0.05) is 0 Å². The van der Waals surface area contributed by atoms with Crippen LogP contribution in [0.5, 0.6) is 11.5 Å². The minimum Gasteiger partial charge on any atom is -0.507 e. The molecule has 0 radical (unpaired) electrons. The largest absolute Gasteiger partial charge is 0.507 e. The number of rotatable bonds is 3. The predicted molar refractivity (Wildman–Crippen MR) is 94.9 cm³/mol. The summed E-state index contributed by atoms with van der Waals surface area (Å²) >= 11 is 0. The Morgan fingerprint density at radius 2 is 1.80 bits per heavy atom. The van der Waals surface area contributed by atoms with Crippen molar-refractivity contribution in [2.75, 3.05) is 6.61 Å². The number of phenols is 1. The van der Waals surface area contributed by atoms with E-state index >= 15 is 0 Å². The summed E-state index contributed by atoms with van der Waals surface area (Å²) in [4.78, 5) is 21.6. The number of ether oxygens (including phenoxy) is 2. The molecule has 5 nitrogen and oxygen atoms in total. The van der Waals surface area contributed by atoms with Crippen molar-refractivity contribution in [3.63, 3.8) is 0 Å². The van der Waals surface area contributed by atoms with Crippen LogP contribution in [0.15, 0.2) is 42.0 Å². The number of carbonyl (C=O) groups is 2. The third-order valence-electron chi connectivity index (χ3n) is 3.80. The molecule has 0 bridgehead atoms. The first-order chi connectivity index (χ1) is 14.1. The highest BCUT2D eigenvalue weighted by Gasteiger charge is 2.49. The van der Waals surface area contributed by atoms with Gasteiger partial charge in [-0.25, -0.2) is 13.6 Å². The van der Waals surface area contributed by atoms with Crippen LogP contribution in [0.4, 0.5) is 22.0 Å². The van der Waals surface area contributed by atoms with Gasteiger partial charge in [-0.05, 0) is 37.3 Å². The fourth-order valence-corrected chi connectivity index (χ4v) is 2.45. The summed E-state index contributed by atoms with van der Waals surface area (Å²) in [5.74, 6) is -3.24. The molecule has 1 heterocycles. The van der Waals surface area contributed by atoms with E-state index in [2.05, 4.69) is 4.74 Å². The molecule has 0 saturated carbocycles. The Hall–Kier alpha value is -3.43. The lowest BCUT2D eigenvalue weighted by Crippen LogP contribution is -2.40. The van der Waals surface area contributed by atoms with E-state index in [1.807, 2.05) is 0 Å². The SMILES string of the molecule is CCOC(=O)C1=Cc2c(F)cccc2OC1C(F)(F)F.O=Cc1c(O)cccc1F. The fraction of sp³-hybridized carbons (Fsp3) is 0.200. The van der Waals surface area contributed by atoms with E-state index in [4.69, 9.17) is 9.84 Å². The van der Waals surface area contributed by atoms with Crippen molar-refractivity contribution in [2.24, 2.45) is 0 Å². The van der Waals surface area contributed by atoms with Crippen LogP contribution in [0.3, 0.4) is 0 Å². The zero-order valence-corrected chi connectivity index (χ0v) is 15.4. The van der Waals surface area contributed by atoms with E-state index < -0.39 is 35.5 Å². The third kappa shape index (κ3) is 5.13. The molecule has 160 valence electrons. The summed E-state index contributed by atoms with van der Waals surface area (Å²) < 4.78 is 74.1. The second-order valence-corrected chi connectivity index (χ2v) is 5.80. The van der Waals surface area contributed by atoms with Gasteiger partial charge in [0.25, 0.3) is 0 Å². The smallest absolute Gasteiger partial charge is 0.430 e. The van der Waals surface area contributed by atoms with Crippen molar-refractivity contribution in [3.05, 3.63) is 64.7 Å². The van der Waals surface area contributed by atoms with Crippen LogP contribution in [0, 0.1) is 11.6 Å². The fourth-order valence-electron chi connectivity index (χ4n) is 2.45. The molecule has 1 aliphatic heterocycles. The summed E-state index contributed by atoms with van der Waals surface area (Å²) in [5, 5.41) is 8.82. The Balaban J connectivity index is 0.000000269. The van der Waals surface area contributed by atoms with Crippen molar-refractivity contribution in [1.82, 2.24) is 0 Å². The van der Waals surface area contributed by atoms with E-state index in [1.165, 1.54) is 31.2 Å². The Morgan fingerprint density at radius 1 is 1.17 bits per heavy atom. The normalized spacial score (nSPS) is 15.0. The molecule has 0 saturated heterocycles. The lowest BCUT2D eigenvalue weighted by Gasteiger charge is -2.27. The molecule has 0 amide bonds. The number of aldehydes is 1. The second kappa shape index (κ2) is 9.38. The summed E-state index contributed by atoms with van der Waals surface area (Å²) in [7, 11) is 0. The third-order valence-corrected chi connectivity index (χ3v) is 3.80. The molecule has 0 fully saturated rings. The maximum Gasteiger partial charge on any atom is 0.430 e. The van der Waals surface area contributed by atoms with Gasteiger partial charge in [0.2, 0.25) is 6.10 Å². The summed E-state index contributed by atoms with van der Waals surface area (Å²) in [6.07, 6.45) is -6.16. The number of alkyl halides is 3. The minimum absolute atomic E-state index is 0.0924. The molecule has 0 aliphatic carbocycles. The van der Waals surface area contributed by atoms with Crippen LogP contribution in [-0.2, 0) is 9.53 Å². The van der Waals surface area contributed by atoms with E-state index in [1.54, 1.807) is 0 Å². The molecule has 10 heteroatoms. The van der Waals surface area contributed by atoms with Gasteiger partial charge in [0.1, 0.15) is 23.1 Å². The maximum atomic E-state index is 13.6. The molecule has 2 aromatic rings. The van der Waals surface area contributed by atoms with Gasteiger partial charge in [-0.2, -0.15) is 13.2 Å². The lowest BCUT2D eigenvalue weighted by molar-refractivity contribution is -0.188. The highest BCUT2D eigenvalue weighted by atomic mass is 19.4. The molecule has 3 rings (SSSR count). The van der Waals surface area contributed by atoms with Gasteiger partial charge >= 0.3 is 12.1 Å². The number of benzene rings is 2. The lowest BCUT2D eigenvalue weighted by atomic mass is 10.0. The van der Waals surface area contributed by atoms with E-state index in [9.17, 15) is 31.5 Å². The minimum atomic E-state index is -4.80. The average Bonchev–Trinajstić information content (AvgIpc) is 2.68. The van der Waals surface area contributed by atoms with Crippen molar-refractivity contribution >= 4 is 18.3 Å². The quantitative estimate of drug-likeness (QED) is 0.443. The molecular weight excluding hydrogens is 415 g/mol. The Morgan fingerprint density at radius 3 is 2.33 bits per heavy atom. The van der Waals surface area contributed by atoms with E-state index in [0.717, 1.165) is 18.2 Å². The number of fused-ring (bicyclic) bond motifs is 1. The summed E-state index contributed by atoms with van der Waals surface area (Å²) in [6.45, 7) is 1.37. The summed E-state index contributed by atoms with van der Waals surface area (Å²) in [6, 6.07) is 7.20. The van der Waals surface area contributed by atoms with Gasteiger partial charge in [0.15, 0.2) is 6.29 Å². The number of phenolic OH excluding ortho intramolecular Hbond substituents is 1. The first kappa shape index (κ1) is 22.9. The molecular formula is C20H15F5O5. The molecule has 2 aromatic carbocycles. The molecule has 1 N–H and O–H groups in total. The number of hydrogen-bond donors (Lipinski definition) is 1. The monoisotopic (exact) mass is 430 g/mol. The Labute approximate surface area is 167 Å². The van der Waals surface area contributed by atoms with E-state index in [-0.39, 0.29) is 35.5 Å². The highest BCUT2D eigenvalue weighted by Crippen LogP contribution is 2.38. The number of halogens is 5. The van der Waals surface area contributed by atoms with Crippen molar-refractivity contribution in [1.29, 1.82) is 0 Å². The molecule has 0 spiro atoms. The Bertz CT molecular complexity index is 948. The van der Waals surface area contributed by atoms with Crippen LogP contribution < -0.4 is 4.74 Å². The van der Waals surface area contributed by atoms with Gasteiger partial charge < -0.3 is 14.6 Å². The van der Waals surface area contributed by atoms with Gasteiger partial charge in [0.05, 0.1) is 23.3 Å². The maximum absolute atomic E-state index is 13.6. The number of aromatic hydroxyl groups is 1. The first-order valence-electron chi connectivity index (χ1n) is 8.43. The molecule has 1 unspecified atom stereocenters.